The van der Waals surface area contributed by atoms with Gasteiger partial charge in [0.05, 0.1) is 6.04 Å². The van der Waals surface area contributed by atoms with E-state index in [1.807, 2.05) is 11.0 Å². The number of nitrogens with two attached hydrogens (primary N) is 1. The number of hydrazine groups is 1. The third-order valence-electron chi connectivity index (χ3n) is 3.96. The molecule has 0 aromatic heterocycles. The number of nitrogens with one attached hydrogen (secondary N) is 1. The van der Waals surface area contributed by atoms with Gasteiger partial charge in [-0.3, -0.25) is 5.43 Å². The first kappa shape index (κ1) is 12.4. The van der Waals surface area contributed by atoms with Gasteiger partial charge in [-0.1, -0.05) is 18.9 Å². The highest BCUT2D eigenvalue weighted by atomic mass is 19.1. The average Bonchev–Trinajstić information content (AvgIpc) is 3.04. The fourth-order valence-electron chi connectivity index (χ4n) is 2.96. The summed E-state index contributed by atoms with van der Waals surface area (Å²) >= 11 is 0. The molecule has 4 nitrogen and oxygen atoms in total. The Bertz CT molecular complexity index is 494. The summed E-state index contributed by atoms with van der Waals surface area (Å²) in [4.78, 5) is 6.67. The molecule has 19 heavy (non-hydrogen) atoms. The highest BCUT2D eigenvalue weighted by Crippen LogP contribution is 2.29. The molecule has 1 aliphatic carbocycles. The fourth-order valence-corrected chi connectivity index (χ4v) is 2.96. The fraction of sp³-hybridized carbons (Fsp3) is 0.500. The molecule has 0 atom stereocenters. The van der Waals surface area contributed by atoms with Gasteiger partial charge in [-0.15, -0.1) is 0 Å². The van der Waals surface area contributed by atoms with Gasteiger partial charge >= 0.3 is 0 Å². The van der Waals surface area contributed by atoms with E-state index in [1.54, 1.807) is 6.07 Å². The second-order valence-corrected chi connectivity index (χ2v) is 5.21. The van der Waals surface area contributed by atoms with Gasteiger partial charge in [-0.2, -0.15) is 0 Å². The first-order chi connectivity index (χ1) is 9.28. The molecule has 0 radical (unpaired) electrons. The van der Waals surface area contributed by atoms with Crippen molar-refractivity contribution in [3.8, 4) is 0 Å². The summed E-state index contributed by atoms with van der Waals surface area (Å²) in [7, 11) is 0. The summed E-state index contributed by atoms with van der Waals surface area (Å²) in [6.45, 7) is 0.800. The minimum absolute atomic E-state index is 0.220. The number of rotatable bonds is 1. The van der Waals surface area contributed by atoms with E-state index in [9.17, 15) is 4.39 Å². The van der Waals surface area contributed by atoms with Crippen LogP contribution in [0.4, 0.5) is 10.1 Å². The van der Waals surface area contributed by atoms with Crippen molar-refractivity contribution in [3.05, 3.63) is 29.6 Å². The maximum Gasteiger partial charge on any atom is 0.213 e. The van der Waals surface area contributed by atoms with Crippen LogP contribution in [0.25, 0.3) is 0 Å². The van der Waals surface area contributed by atoms with Crippen molar-refractivity contribution >= 4 is 11.6 Å². The van der Waals surface area contributed by atoms with Crippen LogP contribution in [0.2, 0.25) is 0 Å². The van der Waals surface area contributed by atoms with E-state index in [-0.39, 0.29) is 5.82 Å². The predicted molar refractivity (Wildman–Crippen MR) is 74.5 cm³/mol. The lowest BCUT2D eigenvalue weighted by Gasteiger charge is -2.22. The van der Waals surface area contributed by atoms with E-state index in [2.05, 4.69) is 10.4 Å². The van der Waals surface area contributed by atoms with Crippen LogP contribution in [0.15, 0.2) is 23.2 Å². The first-order valence-electron chi connectivity index (χ1n) is 6.88. The normalized spacial score (nSPS) is 19.9. The first-order valence-corrected chi connectivity index (χ1v) is 6.88. The molecule has 2 aliphatic rings. The number of halogens is 1. The lowest BCUT2D eigenvalue weighted by Crippen LogP contribution is -2.45. The zero-order valence-corrected chi connectivity index (χ0v) is 10.9. The molecule has 1 fully saturated rings. The Kier molecular flexibility index (Phi) is 3.38. The van der Waals surface area contributed by atoms with E-state index in [0.29, 0.717) is 12.0 Å². The molecule has 0 unspecified atom stereocenters. The minimum atomic E-state index is -0.220. The summed E-state index contributed by atoms with van der Waals surface area (Å²) in [5, 5.41) is 0. The molecule has 102 valence electrons. The van der Waals surface area contributed by atoms with Crippen LogP contribution < -0.4 is 16.2 Å². The van der Waals surface area contributed by atoms with Crippen LogP contribution in [0.1, 0.15) is 31.2 Å². The van der Waals surface area contributed by atoms with Crippen LogP contribution in [0.5, 0.6) is 0 Å². The Morgan fingerprint density at radius 2 is 2.16 bits per heavy atom. The molecule has 0 saturated heterocycles. The smallest absolute Gasteiger partial charge is 0.213 e. The number of hydrogen-bond donors (Lipinski definition) is 2. The summed E-state index contributed by atoms with van der Waals surface area (Å²) in [5.41, 5.74) is 4.72. The molecular weight excluding hydrogens is 243 g/mol. The van der Waals surface area contributed by atoms with Gasteiger partial charge in [-0.25, -0.2) is 15.2 Å². The van der Waals surface area contributed by atoms with Crippen molar-refractivity contribution < 1.29 is 4.39 Å². The zero-order chi connectivity index (χ0) is 13.2. The van der Waals surface area contributed by atoms with Crippen LogP contribution in [-0.2, 0) is 6.42 Å². The van der Waals surface area contributed by atoms with Crippen molar-refractivity contribution in [1.29, 1.82) is 0 Å². The van der Waals surface area contributed by atoms with E-state index in [1.165, 1.54) is 18.9 Å². The predicted octanol–water partition coefficient (Wildman–Crippen LogP) is 1.95. The highest BCUT2D eigenvalue weighted by molar-refractivity contribution is 5.97. The number of benzene rings is 1. The van der Waals surface area contributed by atoms with Gasteiger partial charge in [0.25, 0.3) is 0 Å². The number of nitrogens with zero attached hydrogens (tertiary/aromatic N) is 2. The summed E-state index contributed by atoms with van der Waals surface area (Å²) in [6, 6.07) is 5.26. The third kappa shape index (κ3) is 2.42. The van der Waals surface area contributed by atoms with Gasteiger partial charge in [0.15, 0.2) is 0 Å². The van der Waals surface area contributed by atoms with Crippen LogP contribution in [0.3, 0.4) is 0 Å². The summed E-state index contributed by atoms with van der Waals surface area (Å²) in [6.07, 6.45) is 5.61. The van der Waals surface area contributed by atoms with Gasteiger partial charge < -0.3 is 4.90 Å². The Balaban J connectivity index is 1.87. The van der Waals surface area contributed by atoms with Crippen molar-refractivity contribution in [1.82, 2.24) is 5.43 Å². The zero-order valence-electron chi connectivity index (χ0n) is 10.9. The molecule has 1 aromatic carbocycles. The molecule has 3 rings (SSSR count). The van der Waals surface area contributed by atoms with Crippen molar-refractivity contribution in [2.75, 3.05) is 11.4 Å². The Morgan fingerprint density at radius 1 is 1.37 bits per heavy atom. The molecule has 3 N–H and O–H groups in total. The van der Waals surface area contributed by atoms with Gasteiger partial charge in [-0.05, 0) is 37.0 Å². The molecular formula is C14H19FN4. The number of fused-ring (bicyclic) bond motifs is 1. The van der Waals surface area contributed by atoms with Gasteiger partial charge in [0, 0.05) is 12.2 Å². The van der Waals surface area contributed by atoms with Crippen LogP contribution in [-0.4, -0.2) is 18.5 Å². The maximum absolute atomic E-state index is 13.4. The number of hydrogen-bond acceptors (Lipinski definition) is 2. The second kappa shape index (κ2) is 5.17. The third-order valence-corrected chi connectivity index (χ3v) is 3.96. The standard InChI is InChI=1S/C14H19FN4/c15-11-6-5-10-7-8-19(13(10)9-11)14(18-16)17-12-3-1-2-4-12/h5-6,9,12H,1-4,7-8,16H2,(H,17,18). The quantitative estimate of drug-likeness (QED) is 0.352. The lowest BCUT2D eigenvalue weighted by atomic mass is 10.2. The lowest BCUT2D eigenvalue weighted by molar-refractivity contribution is 0.628. The number of aliphatic imine (C=N–C) groups is 1. The Labute approximate surface area is 112 Å². The summed E-state index contributed by atoms with van der Waals surface area (Å²) in [5.74, 6) is 6.05. The summed E-state index contributed by atoms with van der Waals surface area (Å²) < 4.78 is 13.4. The highest BCUT2D eigenvalue weighted by Gasteiger charge is 2.25. The monoisotopic (exact) mass is 262 g/mol. The second-order valence-electron chi connectivity index (χ2n) is 5.21. The molecule has 0 amide bonds. The molecule has 5 heteroatoms. The van der Waals surface area contributed by atoms with Crippen molar-refractivity contribution in [2.24, 2.45) is 10.8 Å². The van der Waals surface area contributed by atoms with E-state index >= 15 is 0 Å². The molecule has 1 heterocycles. The molecule has 1 saturated carbocycles. The van der Waals surface area contributed by atoms with Gasteiger partial charge in [0.2, 0.25) is 5.96 Å². The van der Waals surface area contributed by atoms with Crippen LogP contribution in [0, 0.1) is 5.82 Å². The average molecular weight is 262 g/mol. The minimum Gasteiger partial charge on any atom is -0.311 e. The van der Waals surface area contributed by atoms with Crippen molar-refractivity contribution in [3.63, 3.8) is 0 Å². The van der Waals surface area contributed by atoms with Crippen LogP contribution >= 0.6 is 0 Å². The Morgan fingerprint density at radius 3 is 2.89 bits per heavy atom. The molecule has 0 bridgehead atoms. The SMILES string of the molecule is NNC(=NC1CCCC1)N1CCc2ccc(F)cc21. The topological polar surface area (TPSA) is 53.6 Å². The van der Waals surface area contributed by atoms with E-state index in [0.717, 1.165) is 37.1 Å². The van der Waals surface area contributed by atoms with E-state index in [4.69, 9.17) is 5.84 Å². The molecule has 1 aliphatic heterocycles. The van der Waals surface area contributed by atoms with E-state index < -0.39 is 0 Å². The number of anilines is 1. The van der Waals surface area contributed by atoms with Gasteiger partial charge in [0.1, 0.15) is 5.82 Å². The Hall–Kier alpha value is -1.62. The largest absolute Gasteiger partial charge is 0.311 e. The molecule has 1 aromatic rings. The molecule has 0 spiro atoms. The maximum atomic E-state index is 13.4. The van der Waals surface area contributed by atoms with Crippen molar-refractivity contribution in [2.45, 2.75) is 38.1 Å². The number of guanidine groups is 1.